The first-order chi connectivity index (χ1) is 21.9. The number of piperidine rings is 1. The number of hydrogen-bond acceptors (Lipinski definition) is 8. The summed E-state index contributed by atoms with van der Waals surface area (Å²) in [4.78, 5) is 31.3. The fourth-order valence-electron chi connectivity index (χ4n) is 5.25. The van der Waals surface area contributed by atoms with Crippen LogP contribution in [0.5, 0.6) is 23.0 Å². The molecule has 3 N–H and O–H groups in total. The number of methoxy groups -OCH3 is 1. The summed E-state index contributed by atoms with van der Waals surface area (Å²) in [6.45, 7) is 3.68. The number of ether oxygens (including phenoxy) is 3. The Bertz CT molecular complexity index is 1610. The molecule has 0 spiro atoms. The molecular weight excluding hydrogens is 579 g/mol. The molecule has 1 fully saturated rings. The van der Waals surface area contributed by atoms with Crippen molar-refractivity contribution in [3.8, 4) is 23.0 Å². The summed E-state index contributed by atoms with van der Waals surface area (Å²) < 4.78 is 32.6. The monoisotopic (exact) mass is 616 g/mol. The zero-order valence-corrected chi connectivity index (χ0v) is 25.1. The molecule has 1 aliphatic rings. The van der Waals surface area contributed by atoms with Gasteiger partial charge in [0.15, 0.2) is 11.5 Å². The molecule has 3 aromatic carbocycles. The van der Waals surface area contributed by atoms with Crippen LogP contribution in [-0.2, 0) is 11.2 Å². The van der Waals surface area contributed by atoms with E-state index in [1.165, 1.54) is 12.1 Å². The number of nitrogens with one attached hydrogen (secondary N) is 2. The smallest absolute Gasteiger partial charge is 0.325 e. The van der Waals surface area contributed by atoms with Crippen molar-refractivity contribution in [2.75, 3.05) is 45.3 Å². The predicted octanol–water partition coefficient (Wildman–Crippen LogP) is 5.54. The number of carbonyl (C=O) groups is 2. The summed E-state index contributed by atoms with van der Waals surface area (Å²) in [5.41, 5.74) is 1.26. The maximum atomic E-state index is 14.9. The Morgan fingerprint density at radius 3 is 2.56 bits per heavy atom. The summed E-state index contributed by atoms with van der Waals surface area (Å²) >= 11 is 0. The van der Waals surface area contributed by atoms with E-state index in [1.54, 1.807) is 55.8 Å². The number of rotatable bonds is 12. The number of likely N-dealkylation sites (tertiary alicyclic amines) is 1. The fraction of sp³-hybridized carbons (Fsp3) is 0.324. The zero-order valence-electron chi connectivity index (χ0n) is 25.1. The third-order valence-electron chi connectivity index (χ3n) is 7.71. The van der Waals surface area contributed by atoms with E-state index >= 15 is 0 Å². The number of halogens is 1. The van der Waals surface area contributed by atoms with Gasteiger partial charge in [0.05, 0.1) is 31.3 Å². The number of hydrogen-bond donors (Lipinski definition) is 3. The first kappa shape index (κ1) is 31.7. The third-order valence-corrected chi connectivity index (χ3v) is 7.71. The number of aromatic nitrogens is 1. The van der Waals surface area contributed by atoms with Crippen molar-refractivity contribution >= 4 is 28.5 Å². The molecule has 3 amide bonds. The third kappa shape index (κ3) is 8.68. The molecule has 1 aliphatic heterocycles. The van der Waals surface area contributed by atoms with Crippen LogP contribution in [0.1, 0.15) is 24.8 Å². The van der Waals surface area contributed by atoms with Crippen molar-refractivity contribution in [3.63, 3.8) is 0 Å². The number of benzene rings is 3. The highest BCUT2D eigenvalue weighted by atomic mass is 19.1. The maximum Gasteiger partial charge on any atom is 0.325 e. The minimum absolute atomic E-state index is 0.0214. The average molecular weight is 617 g/mol. The lowest BCUT2D eigenvalue weighted by molar-refractivity contribution is -0.119. The molecule has 45 heavy (non-hydrogen) atoms. The van der Waals surface area contributed by atoms with Crippen LogP contribution in [0, 0.1) is 11.7 Å². The molecule has 1 aromatic heterocycles. The van der Waals surface area contributed by atoms with Crippen LogP contribution < -0.4 is 24.8 Å². The van der Waals surface area contributed by atoms with Crippen molar-refractivity contribution in [3.05, 3.63) is 84.3 Å². The predicted molar refractivity (Wildman–Crippen MR) is 168 cm³/mol. The quantitative estimate of drug-likeness (QED) is 0.178. The van der Waals surface area contributed by atoms with Crippen molar-refractivity contribution in [2.24, 2.45) is 5.92 Å². The number of pyridine rings is 1. The Morgan fingerprint density at radius 1 is 1.02 bits per heavy atom. The summed E-state index contributed by atoms with van der Waals surface area (Å²) in [6, 6.07) is 17.4. The number of amides is 3. The number of aliphatic hydroxyl groups excluding tert-OH is 1. The van der Waals surface area contributed by atoms with E-state index in [0.717, 1.165) is 50.5 Å². The van der Waals surface area contributed by atoms with Gasteiger partial charge in [0.1, 0.15) is 17.3 Å². The molecule has 0 radical (unpaired) electrons. The van der Waals surface area contributed by atoms with Crippen LogP contribution in [0.2, 0.25) is 0 Å². The lowest BCUT2D eigenvalue weighted by atomic mass is 9.98. The van der Waals surface area contributed by atoms with E-state index in [4.69, 9.17) is 14.2 Å². The van der Waals surface area contributed by atoms with E-state index < -0.39 is 17.8 Å². The summed E-state index contributed by atoms with van der Waals surface area (Å²) in [5.74, 6) is 0.885. The number of carbonyl (C=O) groups excluding carboxylic acids is 2. The normalized spacial score (nSPS) is 13.8. The van der Waals surface area contributed by atoms with E-state index in [-0.39, 0.29) is 24.5 Å². The lowest BCUT2D eigenvalue weighted by Gasteiger charge is -2.30. The molecular formula is C34H37FN4O6. The van der Waals surface area contributed by atoms with Gasteiger partial charge in [-0.25, -0.2) is 9.18 Å². The van der Waals surface area contributed by atoms with Crippen molar-refractivity contribution in [2.45, 2.75) is 25.7 Å². The highest BCUT2D eigenvalue weighted by Gasteiger charge is 2.18. The Labute approximate surface area is 261 Å². The Balaban J connectivity index is 1.18. The van der Waals surface area contributed by atoms with Gasteiger partial charge >= 0.3 is 6.03 Å². The molecule has 0 saturated carbocycles. The van der Waals surface area contributed by atoms with Crippen LogP contribution in [0.25, 0.3) is 10.9 Å². The average Bonchev–Trinajstić information content (AvgIpc) is 3.05. The van der Waals surface area contributed by atoms with Crippen LogP contribution in [-0.4, -0.2) is 66.9 Å². The van der Waals surface area contributed by atoms with Gasteiger partial charge in [-0.1, -0.05) is 30.3 Å². The Morgan fingerprint density at radius 2 is 1.82 bits per heavy atom. The topological polar surface area (TPSA) is 122 Å². The van der Waals surface area contributed by atoms with Crippen molar-refractivity contribution < 1.29 is 33.3 Å². The standard InChI is InChI=1S/C34H37FN4O6/c1-43-31-20-26-29(21-32(31)44-17-5-14-39-15-11-24(22-40)12-16-39)36-13-10-30(26)45-25-8-9-28(27(35)19-25)37-34(42)38-33(41)18-23-6-3-2-4-7-23/h2-4,6-10,13,19-21,24,40H,5,11-12,14-18,22H2,1H3,(H2,37,38,41,42). The van der Waals surface area contributed by atoms with Crippen LogP contribution in [0.15, 0.2) is 72.9 Å². The second-order valence-electron chi connectivity index (χ2n) is 10.9. The number of anilines is 1. The van der Waals surface area contributed by atoms with E-state index in [2.05, 4.69) is 20.5 Å². The van der Waals surface area contributed by atoms with Gasteiger partial charge in [-0.05, 0) is 68.1 Å². The minimum atomic E-state index is -0.837. The molecule has 236 valence electrons. The van der Waals surface area contributed by atoms with E-state index in [0.29, 0.717) is 40.7 Å². The highest BCUT2D eigenvalue weighted by Crippen LogP contribution is 2.37. The minimum Gasteiger partial charge on any atom is -0.493 e. The van der Waals surface area contributed by atoms with Gasteiger partial charge in [-0.2, -0.15) is 0 Å². The lowest BCUT2D eigenvalue weighted by Crippen LogP contribution is -2.35. The van der Waals surface area contributed by atoms with E-state index in [9.17, 15) is 19.1 Å². The maximum absolute atomic E-state index is 14.9. The van der Waals surface area contributed by atoms with E-state index in [1.807, 2.05) is 6.07 Å². The summed E-state index contributed by atoms with van der Waals surface area (Å²) in [7, 11) is 1.56. The second-order valence-corrected chi connectivity index (χ2v) is 10.9. The van der Waals surface area contributed by atoms with Gasteiger partial charge in [-0.15, -0.1) is 0 Å². The van der Waals surface area contributed by atoms with Crippen LogP contribution >= 0.6 is 0 Å². The molecule has 0 bridgehead atoms. The molecule has 10 nitrogen and oxygen atoms in total. The number of imide groups is 1. The number of fused-ring (bicyclic) bond motifs is 1. The van der Waals surface area contributed by atoms with Gasteiger partial charge < -0.3 is 29.5 Å². The second kappa shape index (κ2) is 15.3. The molecule has 0 atom stereocenters. The molecule has 4 aromatic rings. The fourth-order valence-corrected chi connectivity index (χ4v) is 5.25. The molecule has 0 aliphatic carbocycles. The van der Waals surface area contributed by atoms with Crippen molar-refractivity contribution in [1.82, 2.24) is 15.2 Å². The summed E-state index contributed by atoms with van der Waals surface area (Å²) in [6.07, 6.45) is 4.51. The zero-order chi connectivity index (χ0) is 31.6. The first-order valence-electron chi connectivity index (χ1n) is 15.0. The molecule has 2 heterocycles. The molecule has 5 rings (SSSR count). The van der Waals surface area contributed by atoms with Gasteiger partial charge in [-0.3, -0.25) is 15.1 Å². The molecule has 0 unspecified atom stereocenters. The largest absolute Gasteiger partial charge is 0.493 e. The Hall–Kier alpha value is -4.74. The number of aliphatic hydroxyl groups is 1. The summed E-state index contributed by atoms with van der Waals surface area (Å²) in [5, 5.41) is 14.5. The Kier molecular flexibility index (Phi) is 10.8. The van der Waals surface area contributed by atoms with Crippen molar-refractivity contribution in [1.29, 1.82) is 0 Å². The van der Waals surface area contributed by atoms with Gasteiger partial charge in [0.25, 0.3) is 0 Å². The van der Waals surface area contributed by atoms with Gasteiger partial charge in [0.2, 0.25) is 5.91 Å². The number of nitrogens with zero attached hydrogens (tertiary/aromatic N) is 2. The SMILES string of the molecule is COc1cc2c(Oc3ccc(NC(=O)NC(=O)Cc4ccccc4)c(F)c3)ccnc2cc1OCCCN1CCC(CO)CC1. The van der Waals surface area contributed by atoms with Crippen LogP contribution in [0.4, 0.5) is 14.9 Å². The number of urea groups is 1. The first-order valence-corrected chi connectivity index (χ1v) is 15.0. The molecule has 1 saturated heterocycles. The molecule has 11 heteroatoms. The highest BCUT2D eigenvalue weighted by molar-refractivity contribution is 6.01. The van der Waals surface area contributed by atoms with Crippen LogP contribution in [0.3, 0.4) is 0 Å². The van der Waals surface area contributed by atoms with Gasteiger partial charge in [0, 0.05) is 36.9 Å².